The second-order valence-electron chi connectivity index (χ2n) is 5.90. The average molecular weight is 375 g/mol. The van der Waals surface area contributed by atoms with Gasteiger partial charge in [0.05, 0.1) is 18.5 Å². The Hall–Kier alpha value is -1.31. The van der Waals surface area contributed by atoms with Crippen LogP contribution in [-0.2, 0) is 19.6 Å². The highest BCUT2D eigenvalue weighted by molar-refractivity contribution is 7.92. The van der Waals surface area contributed by atoms with Crippen molar-refractivity contribution in [1.29, 1.82) is 0 Å². The van der Waals surface area contributed by atoms with Crippen molar-refractivity contribution in [1.82, 2.24) is 5.32 Å². The Labute approximate surface area is 148 Å². The van der Waals surface area contributed by atoms with Gasteiger partial charge in [-0.1, -0.05) is 17.7 Å². The lowest BCUT2D eigenvalue weighted by Gasteiger charge is -2.26. The Bertz CT molecular complexity index is 687. The largest absolute Gasteiger partial charge is 0.381 e. The number of halogens is 1. The van der Waals surface area contributed by atoms with Crippen molar-refractivity contribution in [3.63, 3.8) is 0 Å². The molecule has 8 heteroatoms. The second-order valence-corrected chi connectivity index (χ2v) is 8.21. The molecule has 0 atom stereocenters. The molecule has 0 spiro atoms. The third kappa shape index (κ3) is 4.84. The molecule has 1 saturated heterocycles. The zero-order chi connectivity index (χ0) is 17.7. The van der Waals surface area contributed by atoms with Gasteiger partial charge in [0.25, 0.3) is 0 Å². The van der Waals surface area contributed by atoms with Crippen molar-refractivity contribution in [2.75, 3.05) is 36.9 Å². The molecule has 1 N–H and O–H groups in total. The van der Waals surface area contributed by atoms with Crippen LogP contribution in [0.4, 0.5) is 5.69 Å². The first-order valence-electron chi connectivity index (χ1n) is 7.89. The Morgan fingerprint density at radius 2 is 2.04 bits per heavy atom. The minimum Gasteiger partial charge on any atom is -0.381 e. The van der Waals surface area contributed by atoms with Gasteiger partial charge in [0.15, 0.2) is 0 Å². The van der Waals surface area contributed by atoms with Crippen molar-refractivity contribution < 1.29 is 17.9 Å². The number of nitrogens with zero attached hydrogens (tertiary/aromatic N) is 1. The molecule has 0 unspecified atom stereocenters. The van der Waals surface area contributed by atoms with E-state index in [0.717, 1.165) is 6.26 Å². The molecule has 0 aliphatic carbocycles. The first kappa shape index (κ1) is 19.0. The van der Waals surface area contributed by atoms with E-state index in [1.807, 2.05) is 0 Å². The number of amides is 1. The van der Waals surface area contributed by atoms with E-state index >= 15 is 0 Å². The average Bonchev–Trinajstić information content (AvgIpc) is 2.54. The molecule has 0 saturated carbocycles. The number of rotatable bonds is 6. The molecule has 0 bridgehead atoms. The number of hydrogen-bond donors (Lipinski definition) is 1. The third-order valence-corrected chi connectivity index (χ3v) is 5.70. The van der Waals surface area contributed by atoms with Gasteiger partial charge in [0.1, 0.15) is 0 Å². The van der Waals surface area contributed by atoms with Gasteiger partial charge in [-0.25, -0.2) is 8.42 Å². The van der Waals surface area contributed by atoms with Crippen LogP contribution >= 0.6 is 11.6 Å². The van der Waals surface area contributed by atoms with E-state index < -0.39 is 10.0 Å². The quantitative estimate of drug-likeness (QED) is 0.825. The normalized spacial score (nSPS) is 16.0. The van der Waals surface area contributed by atoms with Crippen molar-refractivity contribution in [2.24, 2.45) is 5.92 Å². The van der Waals surface area contributed by atoms with Gasteiger partial charge >= 0.3 is 0 Å². The smallest absolute Gasteiger partial charge is 0.232 e. The van der Waals surface area contributed by atoms with Gasteiger partial charge < -0.3 is 10.1 Å². The lowest BCUT2D eigenvalue weighted by Crippen LogP contribution is -2.41. The van der Waals surface area contributed by atoms with E-state index in [2.05, 4.69) is 5.32 Å². The van der Waals surface area contributed by atoms with Gasteiger partial charge in [-0.15, -0.1) is 0 Å². The summed E-state index contributed by atoms with van der Waals surface area (Å²) in [6.07, 6.45) is 2.55. The van der Waals surface area contributed by atoms with Gasteiger partial charge in [-0.05, 0) is 37.5 Å². The van der Waals surface area contributed by atoms with Crippen molar-refractivity contribution in [3.05, 3.63) is 28.8 Å². The van der Waals surface area contributed by atoms with E-state index in [4.69, 9.17) is 16.3 Å². The van der Waals surface area contributed by atoms with Crippen LogP contribution in [0.5, 0.6) is 0 Å². The number of carbonyl (C=O) groups excluding carboxylic acids is 1. The molecule has 1 fully saturated rings. The molecule has 1 heterocycles. The molecule has 1 aliphatic heterocycles. The molecule has 2 rings (SSSR count). The molecule has 1 aromatic carbocycles. The van der Waals surface area contributed by atoms with E-state index in [-0.39, 0.29) is 24.9 Å². The summed E-state index contributed by atoms with van der Waals surface area (Å²) in [5.41, 5.74) is 1.23. The fourth-order valence-electron chi connectivity index (χ4n) is 2.72. The fourth-order valence-corrected chi connectivity index (χ4v) is 3.86. The lowest BCUT2D eigenvalue weighted by atomic mass is 9.99. The molecule has 0 aromatic heterocycles. The molecule has 1 aliphatic rings. The van der Waals surface area contributed by atoms with Crippen molar-refractivity contribution >= 4 is 33.2 Å². The van der Waals surface area contributed by atoms with Crippen LogP contribution < -0.4 is 9.62 Å². The summed E-state index contributed by atoms with van der Waals surface area (Å²) >= 11 is 6.09. The maximum absolute atomic E-state index is 12.1. The minimum atomic E-state index is -3.48. The summed E-state index contributed by atoms with van der Waals surface area (Å²) in [5.74, 6) is -0.104. The number of anilines is 1. The number of nitrogens with one attached hydrogen (secondary N) is 1. The van der Waals surface area contributed by atoms with Crippen molar-refractivity contribution in [2.45, 2.75) is 19.8 Å². The summed E-state index contributed by atoms with van der Waals surface area (Å²) in [4.78, 5) is 12.1. The maximum atomic E-state index is 12.1. The predicted molar refractivity (Wildman–Crippen MR) is 94.9 cm³/mol. The number of ether oxygens (including phenoxy) is 1. The molecule has 1 amide bonds. The molecule has 6 nitrogen and oxygen atoms in total. The van der Waals surface area contributed by atoms with Crippen LogP contribution in [0, 0.1) is 12.8 Å². The highest BCUT2D eigenvalue weighted by Crippen LogP contribution is 2.27. The SMILES string of the molecule is Cc1c(Cl)cccc1N(CCNC(=O)C1CCOCC1)S(C)(=O)=O. The minimum absolute atomic E-state index is 0.0467. The van der Waals surface area contributed by atoms with Gasteiger partial charge in [0.2, 0.25) is 15.9 Å². The van der Waals surface area contributed by atoms with Crippen LogP contribution in [0.15, 0.2) is 18.2 Å². The van der Waals surface area contributed by atoms with Crippen LogP contribution in [0.3, 0.4) is 0 Å². The second kappa shape index (κ2) is 8.18. The molecular formula is C16H23ClN2O4S. The Morgan fingerprint density at radius 1 is 1.38 bits per heavy atom. The standard InChI is InChI=1S/C16H23ClN2O4S/c1-12-14(17)4-3-5-15(12)19(24(2,21)22)9-8-18-16(20)13-6-10-23-11-7-13/h3-5,13H,6-11H2,1-2H3,(H,18,20). The van der Waals surface area contributed by atoms with Crippen LogP contribution in [0.1, 0.15) is 18.4 Å². The van der Waals surface area contributed by atoms with E-state index in [9.17, 15) is 13.2 Å². The van der Waals surface area contributed by atoms with Crippen LogP contribution in [-0.4, -0.2) is 46.9 Å². The lowest BCUT2D eigenvalue weighted by molar-refractivity contribution is -0.127. The van der Waals surface area contributed by atoms with E-state index in [1.54, 1.807) is 25.1 Å². The first-order chi connectivity index (χ1) is 11.3. The van der Waals surface area contributed by atoms with Gasteiger partial charge in [-0.2, -0.15) is 0 Å². The van der Waals surface area contributed by atoms with Crippen LogP contribution in [0.2, 0.25) is 5.02 Å². The Balaban J connectivity index is 2.02. The highest BCUT2D eigenvalue weighted by Gasteiger charge is 2.23. The van der Waals surface area contributed by atoms with E-state index in [1.165, 1.54) is 4.31 Å². The number of sulfonamides is 1. The molecule has 1 aromatic rings. The first-order valence-corrected chi connectivity index (χ1v) is 10.1. The van der Waals surface area contributed by atoms with Crippen LogP contribution in [0.25, 0.3) is 0 Å². The number of carbonyl (C=O) groups is 1. The van der Waals surface area contributed by atoms with Crippen molar-refractivity contribution in [3.8, 4) is 0 Å². The summed E-state index contributed by atoms with van der Waals surface area (Å²) in [6.45, 7) is 3.37. The highest BCUT2D eigenvalue weighted by atomic mass is 35.5. The summed E-state index contributed by atoms with van der Waals surface area (Å²) < 4.78 is 30.8. The molecule has 24 heavy (non-hydrogen) atoms. The number of benzene rings is 1. The summed E-state index contributed by atoms with van der Waals surface area (Å²) in [7, 11) is -3.48. The Morgan fingerprint density at radius 3 is 2.67 bits per heavy atom. The van der Waals surface area contributed by atoms with E-state index in [0.29, 0.717) is 42.3 Å². The topological polar surface area (TPSA) is 75.7 Å². The summed E-state index contributed by atoms with van der Waals surface area (Å²) in [5, 5.41) is 3.33. The van der Waals surface area contributed by atoms with Gasteiger partial charge in [-0.3, -0.25) is 9.10 Å². The predicted octanol–water partition coefficient (Wildman–Crippen LogP) is 1.96. The van der Waals surface area contributed by atoms with Gasteiger partial charge in [0, 0.05) is 30.7 Å². The fraction of sp³-hybridized carbons (Fsp3) is 0.562. The zero-order valence-electron chi connectivity index (χ0n) is 13.9. The number of hydrogen-bond acceptors (Lipinski definition) is 4. The molecule has 134 valence electrons. The summed E-state index contributed by atoms with van der Waals surface area (Å²) in [6, 6.07) is 5.14. The molecule has 0 radical (unpaired) electrons. The monoisotopic (exact) mass is 374 g/mol. The zero-order valence-corrected chi connectivity index (χ0v) is 15.5. The Kier molecular flexibility index (Phi) is 6.48. The molecular weight excluding hydrogens is 352 g/mol. The maximum Gasteiger partial charge on any atom is 0.232 e. The third-order valence-electron chi connectivity index (χ3n) is 4.11.